The number of carbonyl (C=O) groups is 4. The summed E-state index contributed by atoms with van der Waals surface area (Å²) in [5.74, 6) is -7.66. The van der Waals surface area contributed by atoms with E-state index in [0.717, 1.165) is 20.8 Å². The molecule has 7 saturated heterocycles. The summed E-state index contributed by atoms with van der Waals surface area (Å²) >= 11 is 0. The molecular formula is C51H85N3O39. The molecule has 1 unspecified atom stereocenters. The van der Waals surface area contributed by atoms with E-state index >= 15 is 0 Å². The maximum absolute atomic E-state index is 12.9. The predicted octanol–water partition coefficient (Wildman–Crippen LogP) is -16.6. The van der Waals surface area contributed by atoms with Crippen LogP contribution in [-0.4, -0.2) is 403 Å². The van der Waals surface area contributed by atoms with Gasteiger partial charge in [-0.2, -0.15) is 0 Å². The van der Waals surface area contributed by atoms with E-state index in [1.807, 2.05) is 0 Å². The van der Waals surface area contributed by atoms with E-state index in [9.17, 15) is 132 Å². The Kier molecular flexibility index (Phi) is 27.2. The summed E-state index contributed by atoms with van der Waals surface area (Å²) in [5, 5.41) is 244. The van der Waals surface area contributed by atoms with Gasteiger partial charge in [0.2, 0.25) is 17.7 Å². The number of nitrogens with one attached hydrogen (secondary N) is 3. The molecule has 7 fully saturated rings. The van der Waals surface area contributed by atoms with Crippen LogP contribution in [0.4, 0.5) is 0 Å². The molecule has 36 atom stereocenters. The molecule has 0 aromatic carbocycles. The van der Waals surface area contributed by atoms with Gasteiger partial charge in [0.25, 0.3) is 5.79 Å². The van der Waals surface area contributed by atoms with Gasteiger partial charge in [0, 0.05) is 27.2 Å². The fraction of sp³-hybridized carbons (Fsp3) is 0.922. The Morgan fingerprint density at radius 1 is 0.441 bits per heavy atom. The van der Waals surface area contributed by atoms with Gasteiger partial charge < -0.3 is 190 Å². The molecule has 7 rings (SSSR count). The van der Waals surface area contributed by atoms with Crippen LogP contribution in [0.1, 0.15) is 27.2 Å². The van der Waals surface area contributed by atoms with Crippen LogP contribution in [0.15, 0.2) is 0 Å². The summed E-state index contributed by atoms with van der Waals surface area (Å²) in [4.78, 5) is 50.4. The summed E-state index contributed by atoms with van der Waals surface area (Å²) in [5.41, 5.74) is 0. The van der Waals surface area contributed by atoms with Crippen LogP contribution in [0.25, 0.3) is 0 Å². The first-order valence-electron chi connectivity index (χ1n) is 29.2. The number of ether oxygens (including phenoxy) is 13. The summed E-state index contributed by atoms with van der Waals surface area (Å²) in [7, 11) is 0. The van der Waals surface area contributed by atoms with E-state index in [1.165, 1.54) is 0 Å². The first-order valence-corrected chi connectivity index (χ1v) is 29.2. The average molecular weight is 1360 g/mol. The molecule has 93 heavy (non-hydrogen) atoms. The molecule has 0 radical (unpaired) electrons. The highest BCUT2D eigenvalue weighted by Gasteiger charge is 2.60. The Hall–Kier alpha value is -3.48. The summed E-state index contributed by atoms with van der Waals surface area (Å²) < 4.78 is 74.6. The zero-order valence-corrected chi connectivity index (χ0v) is 49.6. The number of aliphatic hydroxyl groups is 21. The van der Waals surface area contributed by atoms with Gasteiger partial charge in [0.15, 0.2) is 37.7 Å². The number of rotatable bonds is 25. The van der Waals surface area contributed by atoms with E-state index in [0.29, 0.717) is 0 Å². The normalized spacial score (nSPS) is 47.2. The minimum Gasteiger partial charge on any atom is -0.477 e. The highest BCUT2D eigenvalue weighted by Crippen LogP contribution is 2.39. The van der Waals surface area contributed by atoms with Crippen LogP contribution in [0.5, 0.6) is 0 Å². The first-order chi connectivity index (χ1) is 43.8. The third-order valence-electron chi connectivity index (χ3n) is 16.7. The zero-order valence-electron chi connectivity index (χ0n) is 49.6. The Morgan fingerprint density at radius 3 is 1.41 bits per heavy atom. The quantitative estimate of drug-likeness (QED) is 0.0404. The molecule has 0 saturated carbocycles. The van der Waals surface area contributed by atoms with E-state index in [4.69, 9.17) is 61.6 Å². The monoisotopic (exact) mass is 1360 g/mol. The van der Waals surface area contributed by atoms with Gasteiger partial charge in [-0.05, 0) is 0 Å². The van der Waals surface area contributed by atoms with Gasteiger partial charge >= 0.3 is 5.97 Å². The van der Waals surface area contributed by atoms with E-state index in [-0.39, 0.29) is 0 Å². The van der Waals surface area contributed by atoms with Gasteiger partial charge in [-0.15, -0.1) is 0 Å². The van der Waals surface area contributed by atoms with Gasteiger partial charge in [-0.3, -0.25) is 14.4 Å². The van der Waals surface area contributed by atoms with Gasteiger partial charge in [-0.25, -0.2) is 4.79 Å². The van der Waals surface area contributed by atoms with Crippen molar-refractivity contribution in [2.24, 2.45) is 0 Å². The molecule has 0 spiro atoms. The van der Waals surface area contributed by atoms with Crippen molar-refractivity contribution in [3.63, 3.8) is 0 Å². The Morgan fingerprint density at radius 2 is 0.882 bits per heavy atom. The Labute approximate surface area is 525 Å². The molecule has 3 amide bonds. The molecule has 42 nitrogen and oxygen atoms in total. The number of carboxylic acid groups (broad SMARTS) is 1. The van der Waals surface area contributed by atoms with Crippen LogP contribution in [0.2, 0.25) is 0 Å². The SMILES string of the molecule is CC(=O)N[C@H]1[C@H](OC[C@H]2OC(O)[C@H](O)[C@@H](O)[C@@H]2O[C@@H]2O[C@H](CO)[C@H](O)[C@H](O[C@@H]3O[C@H](CO)[C@@H](O)[C@H](O[C@@H]4O[C@H](CO[C@]5(C(=O)O)C[C@H](O)[C@@H](NC(C)=O)[C@H]([C@H](O)[C@H](O)CO)O5)[C@H](O)[C@H](O)[C@H]4O)[C@H]3NC(C)=O)[C@H]2O)O[C@H](CO)[C@@H](O[C@@H]2O[C@H](CO)[C@H](O)[C@H](O)[C@H]2O)[C@@H]1O. The van der Waals surface area contributed by atoms with Crippen molar-refractivity contribution in [3.8, 4) is 0 Å². The van der Waals surface area contributed by atoms with Crippen molar-refractivity contribution in [1.29, 1.82) is 0 Å². The molecule has 7 heterocycles. The minimum absolute atomic E-state index is 0.814. The van der Waals surface area contributed by atoms with E-state index in [2.05, 4.69) is 16.0 Å². The first kappa shape index (κ1) is 76.9. The maximum Gasteiger partial charge on any atom is 0.364 e. The number of carboxylic acids is 1. The van der Waals surface area contributed by atoms with Crippen molar-refractivity contribution in [1.82, 2.24) is 16.0 Å². The summed E-state index contributed by atoms with van der Waals surface area (Å²) in [6, 6.07) is -5.27. The standard InChI is InChI=1S/C51H85N3O39/c1-12(60)52-23-15(63)4-51(50(79)80,93-42(23)26(65)16(64)5-55)82-11-21-28(67)33(72)37(76)48(88-21)91-41-25(54-14(3)62)46(84-18(7-57)29(41)68)92-43-30(69)19(8-58)86-49(38(43)77)90-40-22(83-44(78)35(74)34(40)73)10-81-45-24(53-13(2)61)31(70)39(20(9-59)87-45)89-47-36(75)32(71)27(66)17(6-56)85-47/h15-49,55-59,63-78H,4-11H2,1-3H3,(H,52,60)(H,53,61)(H,54,62)(H,79,80)/t15-,16+,17+,18+,19+,20+,21+,22+,23+,24+,25+,26+,27-,28-,29+,30-,31+,32-,33-,34+,35+,36+,37+,38+,39+,40+,41+,42+,43-,44?,45+,46-,47-,48-,49-,51+/m0/s1. The van der Waals surface area contributed by atoms with E-state index in [1.54, 1.807) is 0 Å². The van der Waals surface area contributed by atoms with Crippen LogP contribution in [-0.2, 0) is 80.8 Å². The second-order valence-corrected chi connectivity index (χ2v) is 23.3. The smallest absolute Gasteiger partial charge is 0.364 e. The number of aliphatic carboxylic acids is 1. The van der Waals surface area contributed by atoms with Crippen LogP contribution < -0.4 is 16.0 Å². The van der Waals surface area contributed by atoms with Gasteiger partial charge in [0.05, 0.1) is 58.4 Å². The van der Waals surface area contributed by atoms with Gasteiger partial charge in [0.1, 0.15) is 165 Å². The van der Waals surface area contributed by atoms with Crippen molar-refractivity contribution in [2.45, 2.75) is 248 Å². The number of hydrogen-bond acceptors (Lipinski definition) is 38. The molecule has 42 heteroatoms. The highest BCUT2D eigenvalue weighted by molar-refractivity contribution is 5.77. The molecule has 538 valence electrons. The second kappa shape index (κ2) is 32.9. The molecule has 0 bridgehead atoms. The summed E-state index contributed by atoms with van der Waals surface area (Å²) in [6.07, 6.45) is -66.4. The number of hydrogen-bond donors (Lipinski definition) is 25. The Balaban J connectivity index is 1.09. The Bertz CT molecular complexity index is 2420. The minimum atomic E-state index is -3.04. The number of amides is 3. The van der Waals surface area contributed by atoms with Crippen molar-refractivity contribution in [2.75, 3.05) is 46.2 Å². The number of carbonyl (C=O) groups excluding carboxylic acids is 3. The zero-order chi connectivity index (χ0) is 69.0. The molecule has 25 N–H and O–H groups in total. The lowest BCUT2D eigenvalue weighted by Gasteiger charge is -2.50. The fourth-order valence-corrected chi connectivity index (χ4v) is 11.7. The van der Waals surface area contributed by atoms with Crippen molar-refractivity contribution >= 4 is 23.7 Å². The van der Waals surface area contributed by atoms with Crippen LogP contribution in [0.3, 0.4) is 0 Å². The fourth-order valence-electron chi connectivity index (χ4n) is 11.7. The lowest BCUT2D eigenvalue weighted by molar-refractivity contribution is -0.383. The molecule has 7 aliphatic rings. The van der Waals surface area contributed by atoms with Crippen LogP contribution in [0, 0.1) is 0 Å². The maximum atomic E-state index is 12.9. The summed E-state index contributed by atoms with van der Waals surface area (Å²) in [6.45, 7) is -4.46. The molecule has 0 aromatic heterocycles. The highest BCUT2D eigenvalue weighted by atomic mass is 16.8. The third kappa shape index (κ3) is 17.0. The average Bonchev–Trinajstić information content (AvgIpc) is 0.781. The molecule has 7 aliphatic heterocycles. The molecule has 0 aliphatic carbocycles. The molecule has 0 aromatic rings. The van der Waals surface area contributed by atoms with E-state index < -0.39 is 297 Å². The van der Waals surface area contributed by atoms with Crippen molar-refractivity contribution in [3.05, 3.63) is 0 Å². The topological polar surface area (TPSA) is 669 Å². The largest absolute Gasteiger partial charge is 0.477 e. The van der Waals surface area contributed by atoms with Crippen molar-refractivity contribution < 1.29 is 193 Å². The predicted molar refractivity (Wildman–Crippen MR) is 284 cm³/mol. The third-order valence-corrected chi connectivity index (χ3v) is 16.7. The lowest BCUT2D eigenvalue weighted by Crippen LogP contribution is -2.70. The molecular weight excluding hydrogens is 1280 g/mol. The van der Waals surface area contributed by atoms with Gasteiger partial charge in [-0.1, -0.05) is 0 Å². The number of aliphatic hydroxyl groups excluding tert-OH is 21. The lowest BCUT2D eigenvalue weighted by atomic mass is 9.88. The van der Waals surface area contributed by atoms with Crippen LogP contribution >= 0.6 is 0 Å². The second-order valence-electron chi connectivity index (χ2n) is 23.3.